The molecule has 0 spiro atoms. The summed E-state index contributed by atoms with van der Waals surface area (Å²) in [5.41, 5.74) is 30.3. The Hall–Kier alpha value is -6.78. The Morgan fingerprint density at radius 3 is 1.57 bits per heavy atom. The van der Waals surface area contributed by atoms with E-state index in [9.17, 15) is 0 Å². The van der Waals surface area contributed by atoms with E-state index < -0.39 is 0 Å². The maximum Gasteiger partial charge on any atom is 0.333 e. The Kier molecular flexibility index (Phi) is 11.1. The average molecular weight is 1050 g/mol. The maximum absolute atomic E-state index is 2.85. The van der Waals surface area contributed by atoms with E-state index in [4.69, 9.17) is 0 Å². The third kappa shape index (κ3) is 7.73. The van der Waals surface area contributed by atoms with Crippen LogP contribution in [0.15, 0.2) is 140 Å². The number of hydrogen-bond acceptors (Lipinski definition) is 2. The van der Waals surface area contributed by atoms with Crippen molar-refractivity contribution in [3.05, 3.63) is 190 Å². The van der Waals surface area contributed by atoms with Gasteiger partial charge in [0, 0.05) is 55.9 Å². The minimum atomic E-state index is -0.268. The first-order valence-corrected chi connectivity index (χ1v) is 29.9. The van der Waals surface area contributed by atoms with Crippen molar-refractivity contribution >= 4 is 68.0 Å². The van der Waals surface area contributed by atoms with Gasteiger partial charge < -0.3 is 14.3 Å². The SMILES string of the molecule is Cc1cc2c(cc1N1B3c4c(cc5c(c4-n4c6ccc(C(C)(C)C)cc6c6cc(C(C)(C)C)cc3c64)C(C)(C)c3ccccc3-5)-c3ccc(N(c4ccc(C(C)(C)C)cc4)c4ccc(C(C)(C)C)cc4)cc31)C(C)(C)CCC2(C)C. The Morgan fingerprint density at radius 1 is 0.450 bits per heavy atom. The number of rotatable bonds is 4. The molecule has 0 bridgehead atoms. The Bertz CT molecular complexity index is 4020. The van der Waals surface area contributed by atoms with E-state index in [-0.39, 0.29) is 44.8 Å². The summed E-state index contributed by atoms with van der Waals surface area (Å²) in [4.78, 5) is 5.36. The standard InChI is InChI=1S/C76H84BN3/c1-45-38-60-61(75(16,17)37-36-74(60,14)15)44-64(45)80-65-42-52(78(50-29-24-46(25-30-50)70(2,3)4)51-31-26-47(27-32-51)71(5,6)7)33-34-54(65)57-43-56-53-22-20-21-23-59(53)76(18,19)66(56)69-67(57)77(80)62-41-49(73(11,12)13)40-58-55-39-48(72(8,9)10)28-35-63(55)79(69)68(58)62/h20-35,38-44H,36-37H2,1-19H3. The lowest BCUT2D eigenvalue weighted by atomic mass is 9.43. The van der Waals surface area contributed by atoms with Gasteiger partial charge in [0.25, 0.3) is 0 Å². The van der Waals surface area contributed by atoms with Crippen molar-refractivity contribution in [1.29, 1.82) is 0 Å². The van der Waals surface area contributed by atoms with Crippen LogP contribution in [0.5, 0.6) is 0 Å². The second-order valence-electron chi connectivity index (χ2n) is 30.7. The highest BCUT2D eigenvalue weighted by Gasteiger charge is 2.50. The van der Waals surface area contributed by atoms with E-state index in [1.807, 2.05) is 0 Å². The van der Waals surface area contributed by atoms with Crippen LogP contribution in [0.2, 0.25) is 0 Å². The van der Waals surface area contributed by atoms with Crippen LogP contribution < -0.4 is 20.6 Å². The number of hydrogen-bond donors (Lipinski definition) is 0. The zero-order valence-corrected chi connectivity index (χ0v) is 51.6. The monoisotopic (exact) mass is 1050 g/mol. The van der Waals surface area contributed by atoms with Crippen molar-refractivity contribution in [3.8, 4) is 27.9 Å². The summed E-state index contributed by atoms with van der Waals surface area (Å²) < 4.78 is 2.76. The fraction of sp³-hybridized carbons (Fsp3) is 0.368. The highest BCUT2D eigenvalue weighted by atomic mass is 15.2. The van der Waals surface area contributed by atoms with Gasteiger partial charge >= 0.3 is 6.85 Å². The van der Waals surface area contributed by atoms with E-state index in [1.165, 1.54) is 129 Å². The second-order valence-corrected chi connectivity index (χ2v) is 30.7. The molecule has 2 aliphatic carbocycles. The van der Waals surface area contributed by atoms with E-state index >= 15 is 0 Å². The zero-order valence-electron chi connectivity index (χ0n) is 51.6. The normalized spacial score (nSPS) is 16.6. The highest BCUT2D eigenvalue weighted by Crippen LogP contribution is 2.57. The van der Waals surface area contributed by atoms with Crippen LogP contribution in [-0.4, -0.2) is 11.4 Å². The Morgan fingerprint density at radius 2 is 0.988 bits per heavy atom. The van der Waals surface area contributed by atoms with Gasteiger partial charge in [-0.15, -0.1) is 0 Å². The summed E-state index contributed by atoms with van der Waals surface area (Å²) in [6.07, 6.45) is 2.32. The van der Waals surface area contributed by atoms with Crippen molar-refractivity contribution in [1.82, 2.24) is 4.57 Å². The molecule has 0 N–H and O–H groups in total. The molecular formula is C76H84BN3. The first-order chi connectivity index (χ1) is 37.4. The molecule has 0 atom stereocenters. The molecule has 13 rings (SSSR count). The zero-order chi connectivity index (χ0) is 56.9. The van der Waals surface area contributed by atoms with Gasteiger partial charge in [-0.1, -0.05) is 197 Å². The molecule has 3 heterocycles. The van der Waals surface area contributed by atoms with Gasteiger partial charge in [-0.05, 0) is 197 Å². The fourth-order valence-electron chi connectivity index (χ4n) is 14.7. The lowest BCUT2D eigenvalue weighted by Gasteiger charge is -2.46. The smallest absolute Gasteiger partial charge is 0.333 e. The van der Waals surface area contributed by atoms with E-state index in [0.29, 0.717) is 0 Å². The topological polar surface area (TPSA) is 11.4 Å². The molecule has 0 amide bonds. The predicted molar refractivity (Wildman–Crippen MR) is 347 cm³/mol. The fourth-order valence-corrected chi connectivity index (χ4v) is 14.7. The predicted octanol–water partition coefficient (Wildman–Crippen LogP) is 19.6. The van der Waals surface area contributed by atoms with Crippen LogP contribution in [-0.2, 0) is 37.9 Å². The van der Waals surface area contributed by atoms with Crippen molar-refractivity contribution < 1.29 is 0 Å². The molecule has 1 aromatic heterocycles. The Labute approximate surface area is 479 Å². The molecule has 406 valence electrons. The van der Waals surface area contributed by atoms with Gasteiger partial charge in [-0.25, -0.2) is 0 Å². The number of fused-ring (bicyclic) bond motifs is 12. The molecule has 0 unspecified atom stereocenters. The highest BCUT2D eigenvalue weighted by molar-refractivity contribution is 6.93. The summed E-state index contributed by atoms with van der Waals surface area (Å²) in [6, 6.07) is 56.0. The van der Waals surface area contributed by atoms with Gasteiger partial charge in [0.2, 0.25) is 0 Å². The number of aryl methyl sites for hydroxylation is 1. The molecule has 0 saturated carbocycles. The van der Waals surface area contributed by atoms with E-state index in [1.54, 1.807) is 0 Å². The van der Waals surface area contributed by atoms with Crippen molar-refractivity contribution in [2.24, 2.45) is 0 Å². The first-order valence-electron chi connectivity index (χ1n) is 29.9. The minimum Gasteiger partial charge on any atom is -0.376 e. The summed E-state index contributed by atoms with van der Waals surface area (Å²) in [5, 5.41) is 2.68. The molecule has 0 saturated heterocycles. The van der Waals surface area contributed by atoms with Crippen molar-refractivity contribution in [2.45, 2.75) is 182 Å². The summed E-state index contributed by atoms with van der Waals surface area (Å²) in [6.45, 7) is 45.3. The van der Waals surface area contributed by atoms with Crippen LogP contribution in [0, 0.1) is 6.92 Å². The molecule has 2 aliphatic heterocycles. The number of anilines is 5. The molecule has 0 radical (unpaired) electrons. The van der Waals surface area contributed by atoms with Crippen LogP contribution in [0.3, 0.4) is 0 Å². The molecule has 9 aromatic rings. The summed E-state index contributed by atoms with van der Waals surface area (Å²) >= 11 is 0. The lowest BCUT2D eigenvalue weighted by Crippen LogP contribution is -2.61. The third-order valence-electron chi connectivity index (χ3n) is 19.7. The quantitative estimate of drug-likeness (QED) is 0.163. The number of aromatic nitrogens is 1. The minimum absolute atomic E-state index is 0.00582. The average Bonchev–Trinajstić information content (AvgIpc) is 1.54. The summed E-state index contributed by atoms with van der Waals surface area (Å²) in [7, 11) is 0. The van der Waals surface area contributed by atoms with Crippen LogP contribution in [0.25, 0.3) is 49.7 Å². The Balaban J connectivity index is 1.20. The van der Waals surface area contributed by atoms with Gasteiger partial charge in [0.1, 0.15) is 0 Å². The molecule has 4 aliphatic rings. The molecule has 0 fully saturated rings. The molecular weight excluding hydrogens is 966 g/mol. The second kappa shape index (κ2) is 16.9. The molecule has 8 aromatic carbocycles. The van der Waals surface area contributed by atoms with Gasteiger partial charge in [-0.2, -0.15) is 0 Å². The van der Waals surface area contributed by atoms with Gasteiger partial charge in [-0.3, -0.25) is 0 Å². The van der Waals surface area contributed by atoms with Crippen molar-refractivity contribution in [3.63, 3.8) is 0 Å². The molecule has 80 heavy (non-hydrogen) atoms. The van der Waals surface area contributed by atoms with Crippen LogP contribution in [0.4, 0.5) is 28.4 Å². The lowest BCUT2D eigenvalue weighted by molar-refractivity contribution is 0.332. The molecule has 3 nitrogen and oxygen atoms in total. The van der Waals surface area contributed by atoms with Gasteiger partial charge in [0.05, 0.1) is 11.0 Å². The maximum atomic E-state index is 2.85. The summed E-state index contributed by atoms with van der Waals surface area (Å²) in [5.74, 6) is 0. The van der Waals surface area contributed by atoms with E-state index in [2.05, 4.69) is 285 Å². The number of benzene rings is 8. The first kappa shape index (κ1) is 52.6. The number of nitrogens with zero attached hydrogens (tertiary/aromatic N) is 3. The van der Waals surface area contributed by atoms with Crippen LogP contribution in [0.1, 0.15) is 188 Å². The van der Waals surface area contributed by atoms with E-state index in [0.717, 1.165) is 23.5 Å². The van der Waals surface area contributed by atoms with Crippen LogP contribution >= 0.6 is 0 Å². The third-order valence-corrected chi connectivity index (χ3v) is 19.7. The molecule has 4 heteroatoms. The van der Waals surface area contributed by atoms with Crippen molar-refractivity contribution in [2.75, 3.05) is 9.71 Å². The van der Waals surface area contributed by atoms with Gasteiger partial charge in [0.15, 0.2) is 0 Å². The largest absolute Gasteiger partial charge is 0.376 e.